The largest absolute Gasteiger partial charge is 0.505 e. The molecule has 2 aromatic carbocycles. The number of hydrogen-bond acceptors (Lipinski definition) is 6. The van der Waals surface area contributed by atoms with Gasteiger partial charge < -0.3 is 22.3 Å². The Labute approximate surface area is 103 Å². The first-order chi connectivity index (χ1) is 8.23. The molecule has 0 fully saturated rings. The van der Waals surface area contributed by atoms with E-state index in [0.717, 1.165) is 6.07 Å². The van der Waals surface area contributed by atoms with Crippen molar-refractivity contribution in [3.05, 3.63) is 18.2 Å². The Kier molecular flexibility index (Phi) is 2.49. The van der Waals surface area contributed by atoms with Gasteiger partial charge in [-0.15, -0.1) is 0 Å². The lowest BCUT2D eigenvalue weighted by Gasteiger charge is -2.12. The lowest BCUT2D eigenvalue weighted by molar-refractivity contribution is 0.482. The Morgan fingerprint density at radius 2 is 1.67 bits per heavy atom. The number of fused-ring (bicyclic) bond motifs is 1. The topological polar surface area (TPSA) is 153 Å². The third-order valence-electron chi connectivity index (χ3n) is 2.63. The molecule has 0 spiro atoms. The van der Waals surface area contributed by atoms with Gasteiger partial charge in [-0.3, -0.25) is 4.55 Å². The van der Waals surface area contributed by atoms with Crippen molar-refractivity contribution in [2.75, 3.05) is 17.2 Å². The minimum atomic E-state index is -4.49. The molecule has 0 aliphatic rings. The highest BCUT2D eigenvalue weighted by Gasteiger charge is 2.20. The van der Waals surface area contributed by atoms with Crippen LogP contribution < -0.4 is 17.2 Å². The van der Waals surface area contributed by atoms with E-state index in [1.807, 2.05) is 0 Å². The van der Waals surface area contributed by atoms with Gasteiger partial charge in [-0.2, -0.15) is 8.42 Å². The summed E-state index contributed by atoms with van der Waals surface area (Å²) in [5, 5.41) is 10.2. The van der Waals surface area contributed by atoms with Crippen LogP contribution in [0, 0.1) is 0 Å². The Balaban J connectivity index is 3.02. The molecule has 0 saturated carbocycles. The van der Waals surface area contributed by atoms with E-state index in [2.05, 4.69) is 0 Å². The number of aromatic hydroxyl groups is 1. The molecule has 0 aliphatic heterocycles. The second-order valence-corrected chi connectivity index (χ2v) is 5.17. The van der Waals surface area contributed by atoms with Crippen LogP contribution in [0.4, 0.5) is 17.1 Å². The van der Waals surface area contributed by atoms with Crippen LogP contribution in [0.5, 0.6) is 5.75 Å². The fourth-order valence-corrected chi connectivity index (χ4v) is 2.39. The Hall–Kier alpha value is -2.19. The molecule has 0 unspecified atom stereocenters. The fraction of sp³-hybridized carbons (Fsp3) is 0. The molecule has 0 amide bonds. The van der Waals surface area contributed by atoms with Crippen molar-refractivity contribution in [3.8, 4) is 5.75 Å². The quantitative estimate of drug-likeness (QED) is 0.287. The van der Waals surface area contributed by atoms with E-state index in [9.17, 15) is 13.5 Å². The molecule has 0 atom stereocenters. The molecule has 0 radical (unpaired) electrons. The number of phenols is 1. The Morgan fingerprint density at radius 1 is 1.06 bits per heavy atom. The van der Waals surface area contributed by atoms with E-state index < -0.39 is 15.0 Å². The van der Waals surface area contributed by atoms with Gasteiger partial charge in [-0.05, 0) is 17.5 Å². The van der Waals surface area contributed by atoms with Gasteiger partial charge in [-0.25, -0.2) is 0 Å². The van der Waals surface area contributed by atoms with Gasteiger partial charge in [-0.1, -0.05) is 6.07 Å². The predicted octanol–water partition coefficient (Wildman–Crippen LogP) is 0.539. The minimum Gasteiger partial charge on any atom is -0.505 e. The Bertz CT molecular complexity index is 756. The highest BCUT2D eigenvalue weighted by molar-refractivity contribution is 7.86. The first-order valence-electron chi connectivity index (χ1n) is 4.80. The lowest BCUT2D eigenvalue weighted by atomic mass is 10.1. The van der Waals surface area contributed by atoms with Crippen LogP contribution in [0.25, 0.3) is 10.8 Å². The van der Waals surface area contributed by atoms with Crippen LogP contribution in [-0.2, 0) is 10.1 Å². The molecule has 8 N–H and O–H groups in total. The summed E-state index contributed by atoms with van der Waals surface area (Å²) in [6.07, 6.45) is 0. The number of anilines is 3. The molecular weight excluding hydrogens is 258 g/mol. The summed E-state index contributed by atoms with van der Waals surface area (Å²) < 4.78 is 31.3. The molecule has 7 nitrogen and oxygen atoms in total. The van der Waals surface area contributed by atoms with Crippen molar-refractivity contribution in [1.29, 1.82) is 0 Å². The average Bonchev–Trinajstić information content (AvgIpc) is 2.26. The van der Waals surface area contributed by atoms with Crippen LogP contribution in [-0.4, -0.2) is 18.1 Å². The van der Waals surface area contributed by atoms with Gasteiger partial charge in [0.2, 0.25) is 0 Å². The van der Waals surface area contributed by atoms with Crippen molar-refractivity contribution in [2.24, 2.45) is 0 Å². The molecular formula is C10H11N3O4S. The number of nitrogens with two attached hydrogens (primary N) is 3. The lowest BCUT2D eigenvalue weighted by Crippen LogP contribution is -2.06. The standard InChI is InChI=1S/C10H11N3O4S/c11-5-2-1-4-3-6(18(15,16)17)8(12)9(13)7(4)10(5)14/h1-3,14H,11-13H2,(H,15,16,17). The average molecular weight is 269 g/mol. The molecule has 0 aromatic heterocycles. The normalized spacial score (nSPS) is 11.8. The monoisotopic (exact) mass is 269 g/mol. The van der Waals surface area contributed by atoms with Crippen LogP contribution in [0.1, 0.15) is 0 Å². The van der Waals surface area contributed by atoms with Gasteiger partial charge in [0.05, 0.1) is 22.4 Å². The van der Waals surface area contributed by atoms with Crippen LogP contribution in [0.15, 0.2) is 23.1 Å². The highest BCUT2D eigenvalue weighted by Crippen LogP contribution is 2.40. The summed E-state index contributed by atoms with van der Waals surface area (Å²) in [5.74, 6) is -0.279. The van der Waals surface area contributed by atoms with E-state index >= 15 is 0 Å². The number of benzene rings is 2. The molecule has 0 bridgehead atoms. The first-order valence-corrected chi connectivity index (χ1v) is 6.24. The molecule has 0 aliphatic carbocycles. The number of nitrogen functional groups attached to an aromatic ring is 3. The van der Waals surface area contributed by atoms with E-state index in [1.165, 1.54) is 12.1 Å². The molecule has 8 heteroatoms. The first kappa shape index (κ1) is 12.3. The smallest absolute Gasteiger partial charge is 0.296 e. The number of hydrogen-bond donors (Lipinski definition) is 5. The zero-order chi connectivity index (χ0) is 13.7. The zero-order valence-corrected chi connectivity index (χ0v) is 9.90. The SMILES string of the molecule is Nc1ccc2cc(S(=O)(=O)O)c(N)c(N)c2c1O. The fourth-order valence-electron chi connectivity index (χ4n) is 1.73. The third kappa shape index (κ3) is 1.67. The maximum Gasteiger partial charge on any atom is 0.296 e. The van der Waals surface area contributed by atoms with Gasteiger partial charge in [0, 0.05) is 0 Å². The van der Waals surface area contributed by atoms with Crippen molar-refractivity contribution >= 4 is 38.0 Å². The van der Waals surface area contributed by atoms with Crippen LogP contribution >= 0.6 is 0 Å². The molecule has 2 rings (SSSR count). The van der Waals surface area contributed by atoms with Gasteiger partial charge in [0.15, 0.2) is 0 Å². The van der Waals surface area contributed by atoms with Gasteiger partial charge >= 0.3 is 0 Å². The zero-order valence-electron chi connectivity index (χ0n) is 9.08. The third-order valence-corrected chi connectivity index (χ3v) is 3.52. The second-order valence-electron chi connectivity index (χ2n) is 3.78. The van der Waals surface area contributed by atoms with Gasteiger partial charge in [0.1, 0.15) is 10.6 Å². The van der Waals surface area contributed by atoms with E-state index in [4.69, 9.17) is 21.8 Å². The molecule has 18 heavy (non-hydrogen) atoms. The summed E-state index contributed by atoms with van der Waals surface area (Å²) in [6.45, 7) is 0. The maximum absolute atomic E-state index is 11.1. The van der Waals surface area contributed by atoms with Crippen molar-refractivity contribution in [3.63, 3.8) is 0 Å². The minimum absolute atomic E-state index is 0.0909. The molecule has 2 aromatic rings. The highest BCUT2D eigenvalue weighted by atomic mass is 32.2. The summed E-state index contributed by atoms with van der Waals surface area (Å²) in [4.78, 5) is -0.503. The van der Waals surface area contributed by atoms with Gasteiger partial charge in [0.25, 0.3) is 10.1 Å². The summed E-state index contributed by atoms with van der Waals surface area (Å²) in [6, 6.07) is 3.98. The van der Waals surface area contributed by atoms with Crippen molar-refractivity contribution in [2.45, 2.75) is 4.90 Å². The Morgan fingerprint density at radius 3 is 2.22 bits per heavy atom. The summed E-state index contributed by atoms with van der Waals surface area (Å²) >= 11 is 0. The van der Waals surface area contributed by atoms with Crippen molar-refractivity contribution < 1.29 is 18.1 Å². The number of rotatable bonds is 1. The number of phenolic OH excluding ortho intramolecular Hbond substituents is 1. The molecule has 0 saturated heterocycles. The molecule has 96 valence electrons. The predicted molar refractivity (Wildman–Crippen MR) is 68.7 cm³/mol. The summed E-state index contributed by atoms with van der Waals surface area (Å²) in [5.41, 5.74) is 16.3. The van der Waals surface area contributed by atoms with Crippen molar-refractivity contribution in [1.82, 2.24) is 0 Å². The van der Waals surface area contributed by atoms with Crippen LogP contribution in [0.3, 0.4) is 0 Å². The van der Waals surface area contributed by atoms with E-state index in [1.54, 1.807) is 0 Å². The van der Waals surface area contributed by atoms with E-state index in [-0.39, 0.29) is 28.2 Å². The summed E-state index contributed by atoms with van der Waals surface area (Å²) in [7, 11) is -4.49. The molecule has 0 heterocycles. The maximum atomic E-state index is 11.1. The second kappa shape index (κ2) is 3.65. The van der Waals surface area contributed by atoms with Crippen LogP contribution in [0.2, 0.25) is 0 Å². The van der Waals surface area contributed by atoms with E-state index in [0.29, 0.717) is 5.39 Å².